The van der Waals surface area contributed by atoms with Crippen LogP contribution in [0.1, 0.15) is 18.4 Å². The molecule has 0 saturated carbocycles. The van der Waals surface area contributed by atoms with Crippen LogP contribution in [-0.2, 0) is 14.8 Å². The maximum Gasteiger partial charge on any atom is 0.267 e. The molecular weight excluding hydrogens is 476 g/mol. The fourth-order valence-corrected chi connectivity index (χ4v) is 4.93. The molecule has 4 rings (SSSR count). The Bertz CT molecular complexity index is 1340. The quantitative estimate of drug-likeness (QED) is 0.464. The third kappa shape index (κ3) is 5.16. The minimum Gasteiger partial charge on any atom is -0.480 e. The molecule has 3 aromatic rings. The van der Waals surface area contributed by atoms with Crippen LogP contribution in [0.3, 0.4) is 0 Å². The van der Waals surface area contributed by atoms with Gasteiger partial charge in [-0.3, -0.25) is 9.52 Å². The number of sulfonamides is 1. The van der Waals surface area contributed by atoms with Crippen molar-refractivity contribution in [3.05, 3.63) is 78.0 Å². The Kier molecular flexibility index (Phi) is 6.76. The molecule has 176 valence electrons. The third-order valence-corrected chi connectivity index (χ3v) is 6.90. The van der Waals surface area contributed by atoms with Gasteiger partial charge in [-0.1, -0.05) is 30.3 Å². The molecule has 2 aromatic carbocycles. The molecule has 1 fully saturated rings. The first-order valence-electron chi connectivity index (χ1n) is 10.5. The SMILES string of the molecule is C=C(Nc1cnc(OC)c(S(=O)(=O)Nc2ccc(Cl)cc2)c1)c1cccc(N2CCCC2=O)c1. The van der Waals surface area contributed by atoms with E-state index in [2.05, 4.69) is 21.6 Å². The predicted molar refractivity (Wildman–Crippen MR) is 134 cm³/mol. The first-order chi connectivity index (χ1) is 16.3. The van der Waals surface area contributed by atoms with Gasteiger partial charge in [0, 0.05) is 35.1 Å². The van der Waals surface area contributed by atoms with Crippen LogP contribution < -0.4 is 19.7 Å². The van der Waals surface area contributed by atoms with E-state index in [1.807, 2.05) is 24.3 Å². The van der Waals surface area contributed by atoms with E-state index in [0.717, 1.165) is 17.7 Å². The zero-order chi connectivity index (χ0) is 24.3. The number of pyridine rings is 1. The molecule has 8 nitrogen and oxygen atoms in total. The van der Waals surface area contributed by atoms with E-state index < -0.39 is 10.0 Å². The molecule has 0 radical (unpaired) electrons. The van der Waals surface area contributed by atoms with Crippen LogP contribution in [0.4, 0.5) is 17.1 Å². The predicted octanol–water partition coefficient (Wildman–Crippen LogP) is 4.75. The van der Waals surface area contributed by atoms with Gasteiger partial charge in [0.1, 0.15) is 0 Å². The molecule has 1 aliphatic heterocycles. The topological polar surface area (TPSA) is 101 Å². The monoisotopic (exact) mass is 498 g/mol. The van der Waals surface area contributed by atoms with Gasteiger partial charge >= 0.3 is 0 Å². The average molecular weight is 499 g/mol. The summed E-state index contributed by atoms with van der Waals surface area (Å²) in [5, 5.41) is 3.59. The lowest BCUT2D eigenvalue weighted by Gasteiger charge is -2.18. The third-order valence-electron chi connectivity index (χ3n) is 5.27. The summed E-state index contributed by atoms with van der Waals surface area (Å²) in [5.41, 5.74) is 2.84. The highest BCUT2D eigenvalue weighted by Gasteiger charge is 2.23. The summed E-state index contributed by atoms with van der Waals surface area (Å²) >= 11 is 5.88. The van der Waals surface area contributed by atoms with Gasteiger partial charge in [0.05, 0.1) is 19.0 Å². The molecule has 1 aliphatic rings. The molecule has 0 unspecified atom stereocenters. The molecule has 1 saturated heterocycles. The Hall–Kier alpha value is -3.56. The van der Waals surface area contributed by atoms with E-state index in [9.17, 15) is 13.2 Å². The van der Waals surface area contributed by atoms with Crippen LogP contribution in [0.2, 0.25) is 5.02 Å². The fourth-order valence-electron chi connectivity index (χ4n) is 3.60. The molecule has 2 N–H and O–H groups in total. The van der Waals surface area contributed by atoms with Gasteiger partial charge in [0.15, 0.2) is 4.90 Å². The maximum absolute atomic E-state index is 13.0. The number of nitrogens with one attached hydrogen (secondary N) is 2. The Morgan fingerprint density at radius 1 is 1.15 bits per heavy atom. The lowest BCUT2D eigenvalue weighted by atomic mass is 10.1. The van der Waals surface area contributed by atoms with Gasteiger partial charge in [0.2, 0.25) is 11.8 Å². The first-order valence-corrected chi connectivity index (χ1v) is 12.3. The number of aromatic nitrogens is 1. The molecule has 34 heavy (non-hydrogen) atoms. The van der Waals surface area contributed by atoms with Crippen molar-refractivity contribution in [1.29, 1.82) is 0 Å². The van der Waals surface area contributed by atoms with E-state index in [-0.39, 0.29) is 16.7 Å². The number of anilines is 3. The van der Waals surface area contributed by atoms with Crippen LogP contribution >= 0.6 is 11.6 Å². The normalized spacial score (nSPS) is 13.6. The molecule has 0 bridgehead atoms. The van der Waals surface area contributed by atoms with E-state index in [0.29, 0.717) is 35.1 Å². The minimum absolute atomic E-state index is 0.0489. The molecule has 2 heterocycles. The van der Waals surface area contributed by atoms with Crippen LogP contribution in [0, 0.1) is 0 Å². The highest BCUT2D eigenvalue weighted by atomic mass is 35.5. The summed E-state index contributed by atoms with van der Waals surface area (Å²) in [6.07, 6.45) is 2.84. The Morgan fingerprint density at radius 2 is 1.91 bits per heavy atom. The van der Waals surface area contributed by atoms with Crippen molar-refractivity contribution < 1.29 is 17.9 Å². The second-order valence-corrected chi connectivity index (χ2v) is 9.73. The lowest BCUT2D eigenvalue weighted by molar-refractivity contribution is -0.117. The first kappa shape index (κ1) is 23.6. The summed E-state index contributed by atoms with van der Waals surface area (Å²) in [4.78, 5) is 17.8. The van der Waals surface area contributed by atoms with Gasteiger partial charge in [0.25, 0.3) is 10.0 Å². The van der Waals surface area contributed by atoms with E-state index >= 15 is 0 Å². The number of nitrogens with zero attached hydrogens (tertiary/aromatic N) is 2. The van der Waals surface area contributed by atoms with Gasteiger partial charge in [-0.05, 0) is 54.4 Å². The molecule has 0 atom stereocenters. The fraction of sp³-hybridized carbons (Fsp3) is 0.167. The van der Waals surface area contributed by atoms with Gasteiger partial charge < -0.3 is 15.0 Å². The van der Waals surface area contributed by atoms with E-state index in [4.69, 9.17) is 16.3 Å². The number of carbonyl (C=O) groups excluding carboxylic acids is 1. The van der Waals surface area contributed by atoms with Crippen molar-refractivity contribution in [3.63, 3.8) is 0 Å². The van der Waals surface area contributed by atoms with Gasteiger partial charge in [-0.2, -0.15) is 0 Å². The number of carbonyl (C=O) groups is 1. The maximum atomic E-state index is 13.0. The zero-order valence-corrected chi connectivity index (χ0v) is 20.0. The largest absolute Gasteiger partial charge is 0.480 e. The van der Waals surface area contributed by atoms with Crippen molar-refractivity contribution in [2.24, 2.45) is 0 Å². The molecule has 0 spiro atoms. The number of hydrogen-bond donors (Lipinski definition) is 2. The highest BCUT2D eigenvalue weighted by Crippen LogP contribution is 2.29. The van der Waals surface area contributed by atoms with Crippen molar-refractivity contribution in [2.75, 3.05) is 28.6 Å². The van der Waals surface area contributed by atoms with Gasteiger partial charge in [-0.15, -0.1) is 0 Å². The highest BCUT2D eigenvalue weighted by molar-refractivity contribution is 7.92. The van der Waals surface area contributed by atoms with Crippen LogP contribution in [-0.4, -0.2) is 33.0 Å². The number of rotatable bonds is 8. The van der Waals surface area contributed by atoms with Crippen molar-refractivity contribution in [2.45, 2.75) is 17.7 Å². The Balaban J connectivity index is 1.57. The van der Waals surface area contributed by atoms with Crippen LogP contribution in [0.5, 0.6) is 5.88 Å². The number of hydrogen-bond acceptors (Lipinski definition) is 6. The van der Waals surface area contributed by atoms with Gasteiger partial charge in [-0.25, -0.2) is 13.4 Å². The standard InChI is InChI=1S/C24H23ClN4O4S/c1-16(17-5-3-6-21(13-17)29-12-4-7-23(29)30)27-20-14-22(24(33-2)26-15-20)34(31,32)28-19-10-8-18(25)9-11-19/h3,5-6,8-11,13-15,27-28H,1,4,7,12H2,2H3. The molecular formula is C24H23ClN4O4S. The second-order valence-electron chi connectivity index (χ2n) is 7.65. The average Bonchev–Trinajstić information content (AvgIpc) is 3.26. The van der Waals surface area contributed by atoms with Crippen molar-refractivity contribution >= 4 is 50.3 Å². The van der Waals surface area contributed by atoms with Crippen molar-refractivity contribution in [1.82, 2.24) is 4.98 Å². The molecule has 10 heteroatoms. The zero-order valence-electron chi connectivity index (χ0n) is 18.4. The number of benzene rings is 2. The van der Waals surface area contributed by atoms with Crippen LogP contribution in [0.15, 0.2) is 72.3 Å². The molecule has 1 amide bonds. The number of amides is 1. The van der Waals surface area contributed by atoms with E-state index in [1.165, 1.54) is 19.4 Å². The molecule has 1 aromatic heterocycles. The number of halogens is 1. The number of methoxy groups -OCH3 is 1. The summed E-state index contributed by atoms with van der Waals surface area (Å²) in [6.45, 7) is 4.75. The summed E-state index contributed by atoms with van der Waals surface area (Å²) in [6, 6.07) is 15.2. The van der Waals surface area contributed by atoms with Crippen LogP contribution in [0.25, 0.3) is 5.70 Å². The summed E-state index contributed by atoms with van der Waals surface area (Å²) < 4.78 is 33.8. The van der Waals surface area contributed by atoms with E-state index in [1.54, 1.807) is 29.2 Å². The number of ether oxygens (including phenoxy) is 1. The Labute approximate surface area is 203 Å². The second kappa shape index (κ2) is 9.74. The summed E-state index contributed by atoms with van der Waals surface area (Å²) in [5.74, 6) is 0.0466. The van der Waals surface area contributed by atoms with Crippen molar-refractivity contribution in [3.8, 4) is 5.88 Å². The smallest absolute Gasteiger partial charge is 0.267 e. The lowest BCUT2D eigenvalue weighted by Crippen LogP contribution is -2.23. The Morgan fingerprint density at radius 3 is 2.59 bits per heavy atom. The minimum atomic E-state index is -4.01. The summed E-state index contributed by atoms with van der Waals surface area (Å²) in [7, 11) is -2.66. The molecule has 0 aliphatic carbocycles.